The fourth-order valence-electron chi connectivity index (χ4n) is 0.245. The van der Waals surface area contributed by atoms with Gasteiger partial charge in [0.25, 0.3) is 0 Å². The van der Waals surface area contributed by atoms with Crippen LogP contribution in [0.25, 0.3) is 0 Å². The first kappa shape index (κ1) is 10.4. The van der Waals surface area contributed by atoms with Gasteiger partial charge >= 0.3 is 5.25 Å². The Hall–Kier alpha value is 0.390. The third-order valence-electron chi connectivity index (χ3n) is 0.640. The lowest BCUT2D eigenvalue weighted by Gasteiger charge is -2.13. The van der Waals surface area contributed by atoms with Crippen molar-refractivity contribution in [2.45, 2.75) is 10.9 Å². The van der Waals surface area contributed by atoms with E-state index in [9.17, 15) is 13.2 Å². The molecule has 0 fully saturated rings. The van der Waals surface area contributed by atoms with Crippen LogP contribution in [0.1, 0.15) is 0 Å². The zero-order chi connectivity index (χ0) is 8.20. The molecule has 0 amide bonds. The van der Waals surface area contributed by atoms with E-state index in [1.54, 1.807) is 0 Å². The van der Waals surface area contributed by atoms with Crippen LogP contribution in [-0.4, -0.2) is 28.4 Å². The highest BCUT2D eigenvalue weighted by Crippen LogP contribution is 2.35. The molecule has 62 valence electrons. The average Bonchev–Trinajstić information content (AvgIpc) is 1.84. The van der Waals surface area contributed by atoms with Gasteiger partial charge in [-0.05, 0) is 0 Å². The van der Waals surface area contributed by atoms with Gasteiger partial charge in [0, 0.05) is 5.75 Å². The van der Waals surface area contributed by atoms with Gasteiger partial charge in [-0.2, -0.15) is 8.78 Å². The summed E-state index contributed by atoms with van der Waals surface area (Å²) in [4.78, 5) is 0. The Morgan fingerprint density at radius 1 is 1.60 bits per heavy atom. The van der Waals surface area contributed by atoms with E-state index in [2.05, 4.69) is 11.6 Å². The largest absolute Gasteiger partial charge is 0.396 e. The summed E-state index contributed by atoms with van der Waals surface area (Å²) in [6.07, 6.45) is 0. The van der Waals surface area contributed by atoms with E-state index in [4.69, 9.17) is 5.11 Å². The van der Waals surface area contributed by atoms with Crippen LogP contribution in [-0.2, 0) is 0 Å². The molecule has 0 aromatic carbocycles. The third-order valence-corrected chi connectivity index (χ3v) is 2.02. The van der Waals surface area contributed by atoms with E-state index in [1.165, 1.54) is 0 Å². The average molecular weight is 195 g/mol. The van der Waals surface area contributed by atoms with Crippen molar-refractivity contribution < 1.29 is 18.3 Å². The first-order valence-corrected chi connectivity index (χ1v) is 3.83. The fourth-order valence-corrected chi connectivity index (χ4v) is 0.923. The summed E-state index contributed by atoms with van der Waals surface area (Å²) in [6, 6.07) is 0. The van der Waals surface area contributed by atoms with Crippen molar-refractivity contribution in [3.8, 4) is 0 Å². The molecule has 1 unspecified atom stereocenters. The van der Waals surface area contributed by atoms with E-state index < -0.39 is 17.5 Å². The predicted octanol–water partition coefficient (Wildman–Crippen LogP) is 1.84. The van der Waals surface area contributed by atoms with Gasteiger partial charge in [0.05, 0.1) is 6.61 Å². The van der Waals surface area contributed by atoms with Crippen LogP contribution < -0.4 is 0 Å². The number of aliphatic hydroxyl groups is 1. The summed E-state index contributed by atoms with van der Waals surface area (Å²) < 4.78 is 35.9. The fraction of sp³-hybridized carbons (Fsp3) is 1.00. The topological polar surface area (TPSA) is 20.2 Å². The van der Waals surface area contributed by atoms with E-state index >= 15 is 0 Å². The number of alkyl halides is 4. The predicted molar refractivity (Wildman–Crippen MR) is 35.2 cm³/mol. The number of hydrogen-bond donors (Lipinski definition) is 1. The van der Waals surface area contributed by atoms with Crippen LogP contribution in [0, 0.1) is 0 Å². The molecule has 0 aliphatic carbocycles. The van der Waals surface area contributed by atoms with Gasteiger partial charge in [0.15, 0.2) is 0 Å². The second kappa shape index (κ2) is 4.31. The quantitative estimate of drug-likeness (QED) is 0.690. The molecule has 0 saturated heterocycles. The normalized spacial score (nSPS) is 15.3. The molecule has 0 aromatic rings. The Bertz CT molecular complexity index is 101. The molecule has 0 aromatic heterocycles. The van der Waals surface area contributed by atoms with E-state index in [0.717, 1.165) is 0 Å². The molecule has 0 bridgehead atoms. The van der Waals surface area contributed by atoms with Gasteiger partial charge in [-0.15, -0.1) is 0 Å². The minimum atomic E-state index is -3.59. The lowest BCUT2D eigenvalue weighted by Crippen LogP contribution is -2.21. The molecule has 1 atom stereocenters. The highest BCUT2D eigenvalue weighted by atomic mass is 35.5. The summed E-state index contributed by atoms with van der Waals surface area (Å²) in [6.45, 7) is -0.413. The zero-order valence-electron chi connectivity index (χ0n) is 4.86. The Morgan fingerprint density at radius 2 is 2.10 bits per heavy atom. The molecule has 0 aliphatic heterocycles. The van der Waals surface area contributed by atoms with Crippen LogP contribution in [0.5, 0.6) is 0 Å². The van der Waals surface area contributed by atoms with Gasteiger partial charge in [0.1, 0.15) is 0 Å². The number of rotatable bonds is 4. The van der Waals surface area contributed by atoms with Crippen molar-refractivity contribution in [3.05, 3.63) is 0 Å². The lowest BCUT2D eigenvalue weighted by atomic mass is 10.8. The Balaban J connectivity index is 3.63. The molecular weight excluding hydrogens is 189 g/mol. The van der Waals surface area contributed by atoms with Crippen molar-refractivity contribution in [1.29, 1.82) is 0 Å². The molecule has 0 radical (unpaired) electrons. The van der Waals surface area contributed by atoms with Crippen LogP contribution in [0.3, 0.4) is 0 Å². The van der Waals surface area contributed by atoms with Crippen molar-refractivity contribution in [3.63, 3.8) is 0 Å². The molecule has 10 heavy (non-hydrogen) atoms. The minimum absolute atomic E-state index is 0.00347. The number of aliphatic hydroxyl groups excluding tert-OH is 1. The monoisotopic (exact) mass is 194 g/mol. The Kier molecular flexibility index (Phi) is 4.47. The standard InChI is InChI=1S/C4H6ClF3OS/c5-3(6)4(7,8)10-2-1-9/h3,9H,1-2H2. The van der Waals surface area contributed by atoms with Crippen LogP contribution >= 0.6 is 23.4 Å². The highest BCUT2D eigenvalue weighted by molar-refractivity contribution is 8.00. The zero-order valence-corrected chi connectivity index (χ0v) is 6.43. The molecule has 0 spiro atoms. The summed E-state index contributed by atoms with van der Waals surface area (Å²) in [5.74, 6) is -0.222. The second-order valence-corrected chi connectivity index (χ2v) is 3.06. The van der Waals surface area contributed by atoms with Crippen LogP contribution in [0.15, 0.2) is 0 Å². The van der Waals surface area contributed by atoms with Crippen LogP contribution in [0.4, 0.5) is 13.2 Å². The summed E-state index contributed by atoms with van der Waals surface area (Å²) in [7, 11) is 0. The number of thioether (sulfide) groups is 1. The van der Waals surface area contributed by atoms with Crippen molar-refractivity contribution in [1.82, 2.24) is 0 Å². The Labute approximate surface area is 65.6 Å². The molecule has 0 aliphatic rings. The first-order valence-electron chi connectivity index (χ1n) is 2.41. The summed E-state index contributed by atoms with van der Waals surface area (Å²) in [5, 5.41) is 4.50. The minimum Gasteiger partial charge on any atom is -0.396 e. The number of halogens is 4. The third kappa shape index (κ3) is 3.53. The molecule has 0 rings (SSSR count). The maximum Gasteiger partial charge on any atom is 0.338 e. The maximum absolute atomic E-state index is 12.1. The van der Waals surface area contributed by atoms with E-state index in [-0.39, 0.29) is 17.5 Å². The van der Waals surface area contributed by atoms with Gasteiger partial charge in [0.2, 0.25) is 5.63 Å². The molecule has 6 heteroatoms. The SMILES string of the molecule is OCCSC(F)(F)C(F)Cl. The van der Waals surface area contributed by atoms with Crippen LogP contribution in [0.2, 0.25) is 0 Å². The van der Waals surface area contributed by atoms with Gasteiger partial charge in [-0.3, -0.25) is 0 Å². The molecule has 0 heterocycles. The van der Waals surface area contributed by atoms with Crippen molar-refractivity contribution >= 4 is 23.4 Å². The van der Waals surface area contributed by atoms with E-state index in [1.807, 2.05) is 0 Å². The first-order chi connectivity index (χ1) is 4.50. The lowest BCUT2D eigenvalue weighted by molar-refractivity contribution is 0.0534. The molecule has 0 saturated carbocycles. The smallest absolute Gasteiger partial charge is 0.338 e. The number of hydrogen-bond acceptors (Lipinski definition) is 2. The summed E-state index contributed by atoms with van der Waals surface area (Å²) in [5.41, 5.74) is -2.69. The summed E-state index contributed by atoms with van der Waals surface area (Å²) >= 11 is 4.48. The van der Waals surface area contributed by atoms with Gasteiger partial charge in [-0.1, -0.05) is 23.4 Å². The van der Waals surface area contributed by atoms with Crippen molar-refractivity contribution in [2.24, 2.45) is 0 Å². The highest BCUT2D eigenvalue weighted by Gasteiger charge is 2.38. The van der Waals surface area contributed by atoms with Gasteiger partial charge in [-0.25, -0.2) is 4.39 Å². The van der Waals surface area contributed by atoms with Crippen molar-refractivity contribution in [2.75, 3.05) is 12.4 Å². The maximum atomic E-state index is 12.1. The Morgan fingerprint density at radius 3 is 2.40 bits per heavy atom. The molecule has 1 nitrogen and oxygen atoms in total. The van der Waals surface area contributed by atoms with E-state index in [0.29, 0.717) is 0 Å². The second-order valence-electron chi connectivity index (χ2n) is 1.43. The van der Waals surface area contributed by atoms with Gasteiger partial charge < -0.3 is 5.11 Å². The molecular formula is C4H6ClF3OS. The molecule has 1 N–H and O–H groups in total.